The summed E-state index contributed by atoms with van der Waals surface area (Å²) in [5.74, 6) is -0.508. The number of amides is 3. The molecule has 1 aliphatic carbocycles. The number of anilines is 1. The van der Waals surface area contributed by atoms with Gasteiger partial charge in [-0.2, -0.15) is 13.2 Å². The molecule has 10 heteroatoms. The van der Waals surface area contributed by atoms with Crippen LogP contribution in [0.5, 0.6) is 5.75 Å². The SMILES string of the molecule is CCN(CC)C(=O)C1CC=CCC1C(=O)N1CCc2cc(NC(=O)Oc3ccccc3-c3ccc(C(F)(F)F)cc3)ccc2C1. The second kappa shape index (κ2) is 13.6. The van der Waals surface area contributed by atoms with Gasteiger partial charge < -0.3 is 14.5 Å². The number of para-hydroxylation sites is 1. The van der Waals surface area contributed by atoms with E-state index in [2.05, 4.69) is 5.32 Å². The molecule has 45 heavy (non-hydrogen) atoms. The van der Waals surface area contributed by atoms with Gasteiger partial charge in [0.2, 0.25) is 11.8 Å². The van der Waals surface area contributed by atoms with Crippen LogP contribution in [0.25, 0.3) is 11.1 Å². The van der Waals surface area contributed by atoms with Crippen molar-refractivity contribution < 1.29 is 32.3 Å². The van der Waals surface area contributed by atoms with E-state index in [1.807, 2.05) is 43.0 Å². The summed E-state index contributed by atoms with van der Waals surface area (Å²) in [6.07, 6.45) is 0.511. The molecule has 2 unspecified atom stereocenters. The Morgan fingerprint density at radius 3 is 2.29 bits per heavy atom. The molecule has 3 aromatic carbocycles. The summed E-state index contributed by atoms with van der Waals surface area (Å²) in [4.78, 5) is 43.3. The number of hydrogen-bond donors (Lipinski definition) is 1. The van der Waals surface area contributed by atoms with Crippen molar-refractivity contribution >= 4 is 23.6 Å². The maximum Gasteiger partial charge on any atom is 0.417 e. The number of ether oxygens (including phenoxy) is 1. The first-order valence-corrected chi connectivity index (χ1v) is 15.2. The average Bonchev–Trinajstić information content (AvgIpc) is 3.04. The lowest BCUT2D eigenvalue weighted by atomic mass is 9.80. The summed E-state index contributed by atoms with van der Waals surface area (Å²) in [5, 5.41) is 2.73. The summed E-state index contributed by atoms with van der Waals surface area (Å²) in [6, 6.07) is 16.8. The predicted octanol–water partition coefficient (Wildman–Crippen LogP) is 7.32. The molecule has 3 amide bonds. The zero-order chi connectivity index (χ0) is 32.1. The lowest BCUT2D eigenvalue weighted by Crippen LogP contribution is -2.47. The molecular weight excluding hydrogens is 583 g/mol. The maximum atomic E-state index is 13.7. The van der Waals surface area contributed by atoms with Gasteiger partial charge in [0.25, 0.3) is 0 Å². The smallest absolute Gasteiger partial charge is 0.409 e. The number of hydrogen-bond acceptors (Lipinski definition) is 4. The van der Waals surface area contributed by atoms with E-state index in [-0.39, 0.29) is 29.4 Å². The quantitative estimate of drug-likeness (QED) is 0.281. The van der Waals surface area contributed by atoms with Gasteiger partial charge in [0.1, 0.15) is 5.75 Å². The zero-order valence-corrected chi connectivity index (χ0v) is 25.3. The fourth-order valence-electron chi connectivity index (χ4n) is 6.06. The first-order chi connectivity index (χ1) is 21.6. The Bertz CT molecular complexity index is 1580. The van der Waals surface area contributed by atoms with Crippen molar-refractivity contribution in [2.45, 2.75) is 45.8 Å². The van der Waals surface area contributed by atoms with Gasteiger partial charge in [-0.3, -0.25) is 14.9 Å². The topological polar surface area (TPSA) is 79.0 Å². The first-order valence-electron chi connectivity index (χ1n) is 15.2. The van der Waals surface area contributed by atoms with Crippen molar-refractivity contribution in [1.82, 2.24) is 9.80 Å². The number of rotatable bonds is 7. The van der Waals surface area contributed by atoms with Crippen LogP contribution in [0.15, 0.2) is 78.9 Å². The fourth-order valence-corrected chi connectivity index (χ4v) is 6.06. The van der Waals surface area contributed by atoms with Gasteiger partial charge >= 0.3 is 12.3 Å². The van der Waals surface area contributed by atoms with E-state index in [9.17, 15) is 27.6 Å². The molecule has 0 aromatic heterocycles. The Morgan fingerprint density at radius 1 is 0.911 bits per heavy atom. The van der Waals surface area contributed by atoms with E-state index >= 15 is 0 Å². The second-order valence-electron chi connectivity index (χ2n) is 11.2. The highest BCUT2D eigenvalue weighted by molar-refractivity contribution is 5.89. The summed E-state index contributed by atoms with van der Waals surface area (Å²) >= 11 is 0. The number of allylic oxidation sites excluding steroid dienone is 2. The Hall–Kier alpha value is -4.60. The molecule has 1 N–H and O–H groups in total. The number of nitrogens with zero attached hydrogens (tertiary/aromatic N) is 2. The fraction of sp³-hybridized carbons (Fsp3) is 0.343. The molecule has 0 bridgehead atoms. The van der Waals surface area contributed by atoms with Gasteiger partial charge in [0.15, 0.2) is 0 Å². The maximum absolute atomic E-state index is 13.7. The third kappa shape index (κ3) is 7.21. The van der Waals surface area contributed by atoms with Crippen LogP contribution in [0.2, 0.25) is 0 Å². The van der Waals surface area contributed by atoms with Gasteiger partial charge in [-0.05, 0) is 80.1 Å². The number of alkyl halides is 3. The van der Waals surface area contributed by atoms with Gasteiger partial charge in [0, 0.05) is 37.4 Å². The molecule has 1 heterocycles. The van der Waals surface area contributed by atoms with Gasteiger partial charge in [-0.1, -0.05) is 48.6 Å². The predicted molar refractivity (Wildman–Crippen MR) is 165 cm³/mol. The molecule has 0 saturated heterocycles. The molecular formula is C35H36F3N3O4. The van der Waals surface area contributed by atoms with Crippen LogP contribution < -0.4 is 10.1 Å². The van der Waals surface area contributed by atoms with Crippen molar-refractivity contribution in [3.05, 3.63) is 95.6 Å². The second-order valence-corrected chi connectivity index (χ2v) is 11.2. The van der Waals surface area contributed by atoms with Crippen LogP contribution in [-0.2, 0) is 28.7 Å². The van der Waals surface area contributed by atoms with Crippen molar-refractivity contribution in [1.29, 1.82) is 0 Å². The first kappa shape index (κ1) is 31.8. The number of carbonyl (C=O) groups excluding carboxylic acids is 3. The van der Waals surface area contributed by atoms with Crippen molar-refractivity contribution in [3.63, 3.8) is 0 Å². The van der Waals surface area contributed by atoms with E-state index in [1.165, 1.54) is 12.1 Å². The molecule has 236 valence electrons. The number of nitrogens with one attached hydrogen (secondary N) is 1. The Kier molecular flexibility index (Phi) is 9.60. The Balaban J connectivity index is 1.23. The Morgan fingerprint density at radius 2 is 1.60 bits per heavy atom. The standard InChI is InChI=1S/C35H36F3N3O4/c1-3-40(4-2)32(42)29-10-5-6-11-30(29)33(43)41-20-19-24-21-27(18-15-25(24)22-41)39-34(44)45-31-12-8-7-9-28(31)23-13-16-26(17-14-23)35(36,37)38/h5-9,12-18,21,29-30H,3-4,10-11,19-20,22H2,1-2H3,(H,39,44). The lowest BCUT2D eigenvalue weighted by Gasteiger charge is -2.36. The van der Waals surface area contributed by atoms with Gasteiger partial charge in [0.05, 0.1) is 17.4 Å². The number of fused-ring (bicyclic) bond motifs is 1. The molecule has 3 aromatic rings. The van der Waals surface area contributed by atoms with E-state index in [1.54, 1.807) is 35.2 Å². The minimum absolute atomic E-state index is 0.00648. The summed E-state index contributed by atoms with van der Waals surface area (Å²) < 4.78 is 44.5. The normalized spacial score (nSPS) is 17.8. The minimum Gasteiger partial charge on any atom is -0.409 e. The number of benzene rings is 3. The Labute approximate surface area is 260 Å². The van der Waals surface area contributed by atoms with E-state index < -0.39 is 17.8 Å². The lowest BCUT2D eigenvalue weighted by molar-refractivity contribution is -0.147. The molecule has 0 fully saturated rings. The van der Waals surface area contributed by atoms with Crippen LogP contribution in [0.3, 0.4) is 0 Å². The monoisotopic (exact) mass is 619 g/mol. The summed E-state index contributed by atoms with van der Waals surface area (Å²) in [5.41, 5.74) is 2.69. The van der Waals surface area contributed by atoms with Crippen molar-refractivity contribution in [2.75, 3.05) is 25.0 Å². The zero-order valence-electron chi connectivity index (χ0n) is 25.3. The van der Waals surface area contributed by atoms with E-state index in [0.717, 1.165) is 23.3 Å². The molecule has 0 radical (unpaired) electrons. The van der Waals surface area contributed by atoms with Crippen LogP contribution in [0.1, 0.15) is 43.4 Å². The molecule has 0 spiro atoms. The number of carbonyl (C=O) groups is 3. The molecule has 1 aliphatic heterocycles. The van der Waals surface area contributed by atoms with E-state index in [0.29, 0.717) is 62.3 Å². The molecule has 5 rings (SSSR count). The molecule has 7 nitrogen and oxygen atoms in total. The minimum atomic E-state index is -4.45. The molecule has 0 saturated carbocycles. The third-order valence-electron chi connectivity index (χ3n) is 8.53. The van der Waals surface area contributed by atoms with E-state index in [4.69, 9.17) is 4.74 Å². The van der Waals surface area contributed by atoms with Crippen LogP contribution >= 0.6 is 0 Å². The highest BCUT2D eigenvalue weighted by Crippen LogP contribution is 2.35. The highest BCUT2D eigenvalue weighted by atomic mass is 19.4. The highest BCUT2D eigenvalue weighted by Gasteiger charge is 2.38. The number of halogens is 3. The largest absolute Gasteiger partial charge is 0.417 e. The average molecular weight is 620 g/mol. The van der Waals surface area contributed by atoms with Gasteiger partial charge in [-0.25, -0.2) is 4.79 Å². The van der Waals surface area contributed by atoms with Crippen LogP contribution in [0.4, 0.5) is 23.7 Å². The third-order valence-corrected chi connectivity index (χ3v) is 8.53. The summed E-state index contributed by atoms with van der Waals surface area (Å²) in [6.45, 7) is 6.05. The van der Waals surface area contributed by atoms with Crippen molar-refractivity contribution in [3.8, 4) is 16.9 Å². The summed E-state index contributed by atoms with van der Waals surface area (Å²) in [7, 11) is 0. The molecule has 2 atom stereocenters. The van der Waals surface area contributed by atoms with Crippen LogP contribution in [-0.4, -0.2) is 47.3 Å². The molecule has 2 aliphatic rings. The van der Waals surface area contributed by atoms with Crippen LogP contribution in [0, 0.1) is 11.8 Å². The van der Waals surface area contributed by atoms with Gasteiger partial charge in [-0.15, -0.1) is 0 Å². The van der Waals surface area contributed by atoms with Crippen molar-refractivity contribution in [2.24, 2.45) is 11.8 Å².